The van der Waals surface area contributed by atoms with E-state index in [1.807, 2.05) is 0 Å². The van der Waals surface area contributed by atoms with Crippen LogP contribution in [-0.2, 0) is 20.9 Å². The summed E-state index contributed by atoms with van der Waals surface area (Å²) in [6, 6.07) is 13.8. The lowest BCUT2D eigenvalue weighted by atomic mass is 10.2. The molecule has 1 heterocycles. The van der Waals surface area contributed by atoms with E-state index in [1.54, 1.807) is 30.3 Å². The number of furan rings is 1. The van der Waals surface area contributed by atoms with E-state index in [1.165, 1.54) is 30.7 Å². The fraction of sp³-hybridized carbons (Fsp3) is 0.0909. The Labute approximate surface area is 196 Å². The number of ether oxygens (including phenoxy) is 1. The van der Waals surface area contributed by atoms with E-state index in [0.717, 1.165) is 6.07 Å². The first kappa shape index (κ1) is 23.7. The summed E-state index contributed by atoms with van der Waals surface area (Å²) in [6.45, 7) is -0.0363. The molecule has 0 spiro atoms. The molecule has 33 heavy (non-hydrogen) atoms. The van der Waals surface area contributed by atoms with Crippen LogP contribution in [0.1, 0.15) is 11.3 Å². The first-order valence-corrected chi connectivity index (χ1v) is 10.3. The van der Waals surface area contributed by atoms with Gasteiger partial charge in [0.1, 0.15) is 17.3 Å². The number of benzene rings is 2. The minimum absolute atomic E-state index is 0.130. The van der Waals surface area contributed by atoms with Gasteiger partial charge in [-0.3, -0.25) is 14.4 Å². The maximum atomic E-state index is 13.6. The molecule has 2 aromatic carbocycles. The van der Waals surface area contributed by atoms with E-state index in [2.05, 4.69) is 37.1 Å². The van der Waals surface area contributed by atoms with Crippen LogP contribution < -0.4 is 20.8 Å². The molecule has 1 aromatic heterocycles. The number of nitrogens with zero attached hydrogens (tertiary/aromatic N) is 1. The standard InChI is InChI=1S/C22H18BrFN4O5/c23-15-7-8-19(33-13-20(29)25-12-16-4-3-9-32-16)14(10-15)11-26-28-22(31)21(30)27-18-6-2-1-5-17(18)24/h1-11H,12-13H2,(H,25,29)(H,27,30)(H,28,31)/b26-11-. The summed E-state index contributed by atoms with van der Waals surface area (Å²) in [5, 5.41) is 8.54. The molecule has 9 nitrogen and oxygen atoms in total. The molecule has 0 aliphatic carbocycles. The second kappa shape index (κ2) is 11.6. The molecule has 0 aliphatic rings. The van der Waals surface area contributed by atoms with Gasteiger partial charge in [0.05, 0.1) is 24.7 Å². The lowest BCUT2D eigenvalue weighted by molar-refractivity contribution is -0.136. The van der Waals surface area contributed by atoms with Gasteiger partial charge in [-0.2, -0.15) is 5.10 Å². The predicted octanol–water partition coefficient (Wildman–Crippen LogP) is 2.97. The van der Waals surface area contributed by atoms with Crippen LogP contribution in [0.25, 0.3) is 0 Å². The Bertz CT molecular complexity index is 1170. The zero-order valence-corrected chi connectivity index (χ0v) is 18.6. The number of nitrogens with one attached hydrogen (secondary N) is 3. The van der Waals surface area contributed by atoms with Gasteiger partial charge in [-0.1, -0.05) is 28.1 Å². The van der Waals surface area contributed by atoms with Gasteiger partial charge in [0.2, 0.25) is 0 Å². The summed E-state index contributed by atoms with van der Waals surface area (Å²) in [6.07, 6.45) is 2.75. The second-order valence-corrected chi connectivity index (χ2v) is 7.38. The molecule has 0 radical (unpaired) electrons. The van der Waals surface area contributed by atoms with Crippen LogP contribution in [0.4, 0.5) is 10.1 Å². The van der Waals surface area contributed by atoms with Crippen molar-refractivity contribution in [2.45, 2.75) is 6.54 Å². The third kappa shape index (κ3) is 7.28. The van der Waals surface area contributed by atoms with Crippen molar-refractivity contribution in [2.24, 2.45) is 5.10 Å². The SMILES string of the molecule is O=C(COc1ccc(Br)cc1/C=N\NC(=O)C(=O)Nc1ccccc1F)NCc1ccco1. The minimum Gasteiger partial charge on any atom is -0.483 e. The molecular formula is C22H18BrFN4O5. The summed E-state index contributed by atoms with van der Waals surface area (Å²) in [4.78, 5) is 35.8. The Morgan fingerprint density at radius 2 is 1.91 bits per heavy atom. The van der Waals surface area contributed by atoms with Gasteiger partial charge in [-0.25, -0.2) is 9.82 Å². The predicted molar refractivity (Wildman–Crippen MR) is 121 cm³/mol. The number of anilines is 1. The van der Waals surface area contributed by atoms with Gasteiger partial charge in [-0.05, 0) is 42.5 Å². The number of carbonyl (C=O) groups is 3. The highest BCUT2D eigenvalue weighted by molar-refractivity contribution is 9.10. The van der Waals surface area contributed by atoms with Gasteiger partial charge >= 0.3 is 11.8 Å². The van der Waals surface area contributed by atoms with Crippen molar-refractivity contribution < 1.29 is 27.9 Å². The molecule has 3 rings (SSSR count). The molecule has 0 saturated heterocycles. The quantitative estimate of drug-likeness (QED) is 0.241. The number of halogens is 2. The monoisotopic (exact) mass is 516 g/mol. The number of rotatable bonds is 8. The van der Waals surface area contributed by atoms with E-state index in [9.17, 15) is 18.8 Å². The molecule has 3 aromatic rings. The molecule has 0 aliphatic heterocycles. The average Bonchev–Trinajstić information content (AvgIpc) is 3.32. The minimum atomic E-state index is -1.09. The molecule has 3 amide bonds. The average molecular weight is 517 g/mol. The largest absolute Gasteiger partial charge is 0.483 e. The van der Waals surface area contributed by atoms with Gasteiger partial charge in [-0.15, -0.1) is 0 Å². The Hall–Kier alpha value is -3.99. The fourth-order valence-corrected chi connectivity index (χ4v) is 2.88. The van der Waals surface area contributed by atoms with E-state index in [0.29, 0.717) is 21.5 Å². The molecule has 0 unspecified atom stereocenters. The maximum Gasteiger partial charge on any atom is 0.329 e. The zero-order chi connectivity index (χ0) is 23.6. The Morgan fingerprint density at radius 1 is 1.09 bits per heavy atom. The molecule has 0 fully saturated rings. The molecule has 0 saturated carbocycles. The number of para-hydroxylation sites is 1. The van der Waals surface area contributed by atoms with Crippen LogP contribution in [0.2, 0.25) is 0 Å². The van der Waals surface area contributed by atoms with Crippen molar-refractivity contribution in [3.63, 3.8) is 0 Å². The molecule has 3 N–H and O–H groups in total. The van der Waals surface area contributed by atoms with Gasteiger partial charge < -0.3 is 19.8 Å². The van der Waals surface area contributed by atoms with Crippen molar-refractivity contribution in [3.8, 4) is 5.75 Å². The highest BCUT2D eigenvalue weighted by Crippen LogP contribution is 2.21. The second-order valence-electron chi connectivity index (χ2n) is 6.46. The molecule has 11 heteroatoms. The summed E-state index contributed by atoms with van der Waals surface area (Å²) < 4.78 is 25.0. The van der Waals surface area contributed by atoms with Crippen molar-refractivity contribution >= 4 is 45.6 Å². The van der Waals surface area contributed by atoms with E-state index < -0.39 is 17.6 Å². The van der Waals surface area contributed by atoms with E-state index in [-0.39, 0.29) is 24.7 Å². The lowest BCUT2D eigenvalue weighted by Gasteiger charge is -2.10. The van der Waals surface area contributed by atoms with Crippen molar-refractivity contribution in [1.82, 2.24) is 10.7 Å². The molecular weight excluding hydrogens is 499 g/mol. The summed E-state index contributed by atoms with van der Waals surface area (Å²) in [5.41, 5.74) is 2.35. The van der Waals surface area contributed by atoms with Gasteiger partial charge in [0, 0.05) is 10.0 Å². The number of hydrogen-bond donors (Lipinski definition) is 3. The number of hydrogen-bond acceptors (Lipinski definition) is 6. The highest BCUT2D eigenvalue weighted by atomic mass is 79.9. The van der Waals surface area contributed by atoms with Crippen molar-refractivity contribution in [2.75, 3.05) is 11.9 Å². The van der Waals surface area contributed by atoms with Gasteiger partial charge in [0.25, 0.3) is 5.91 Å². The first-order valence-electron chi connectivity index (χ1n) is 9.52. The van der Waals surface area contributed by atoms with Crippen LogP contribution in [0.3, 0.4) is 0 Å². The summed E-state index contributed by atoms with van der Waals surface area (Å²) in [7, 11) is 0. The van der Waals surface area contributed by atoms with Crippen LogP contribution >= 0.6 is 15.9 Å². The smallest absolute Gasteiger partial charge is 0.329 e. The summed E-state index contributed by atoms with van der Waals surface area (Å²) in [5.74, 6) is -2.29. The van der Waals surface area contributed by atoms with Crippen molar-refractivity contribution in [1.29, 1.82) is 0 Å². The number of carbonyl (C=O) groups excluding carboxylic acids is 3. The topological polar surface area (TPSA) is 122 Å². The Kier molecular flexibility index (Phi) is 8.30. The molecule has 0 atom stereocenters. The van der Waals surface area contributed by atoms with Crippen molar-refractivity contribution in [3.05, 3.63) is 82.5 Å². The number of hydrazone groups is 1. The number of amides is 3. The van der Waals surface area contributed by atoms with Crippen LogP contribution in [-0.4, -0.2) is 30.5 Å². The highest BCUT2D eigenvalue weighted by Gasteiger charge is 2.15. The summed E-state index contributed by atoms with van der Waals surface area (Å²) >= 11 is 3.32. The molecule has 0 bridgehead atoms. The van der Waals surface area contributed by atoms with Crippen LogP contribution in [0, 0.1) is 5.82 Å². The zero-order valence-electron chi connectivity index (χ0n) is 17.0. The maximum absolute atomic E-state index is 13.6. The third-order valence-corrected chi connectivity index (χ3v) is 4.56. The van der Waals surface area contributed by atoms with Crippen LogP contribution in [0.5, 0.6) is 5.75 Å². The Balaban J connectivity index is 1.54. The molecule has 170 valence electrons. The van der Waals surface area contributed by atoms with Crippen LogP contribution in [0.15, 0.2) is 74.9 Å². The lowest BCUT2D eigenvalue weighted by Crippen LogP contribution is -2.32. The third-order valence-electron chi connectivity index (χ3n) is 4.07. The first-order chi connectivity index (χ1) is 15.9. The van der Waals surface area contributed by atoms with E-state index >= 15 is 0 Å². The normalized spacial score (nSPS) is 10.6. The van der Waals surface area contributed by atoms with E-state index in [4.69, 9.17) is 9.15 Å². The van der Waals surface area contributed by atoms with Gasteiger partial charge in [0.15, 0.2) is 6.61 Å². The Morgan fingerprint density at radius 3 is 2.67 bits per heavy atom. The fourth-order valence-electron chi connectivity index (χ4n) is 2.50.